The van der Waals surface area contributed by atoms with Gasteiger partial charge in [-0.25, -0.2) is 9.18 Å². The number of likely N-dealkylation sites (tertiary alicyclic amines) is 1. The van der Waals surface area contributed by atoms with Crippen LogP contribution in [0.2, 0.25) is 10.0 Å². The molecule has 1 saturated carbocycles. The standard InChI is InChI=1S/C34H32Cl2FN3O5/c1-3-45-32(42)19-9-12-25(27(15-19)44-2)39-14-13-26-28(31(39)41)29(21-5-4-6-23(36)30(21)37)34(40(26)17-18-7-8-18)22-11-10-20(35)16-24(22)38-33(34)43/h4-6,9-12,15-16,18,26,28-29H,3,7-8,13-14,17H2,1-2H3,(H,38,43)/t26-,28+,29?,34+/m0/s1. The predicted molar refractivity (Wildman–Crippen MR) is 169 cm³/mol. The molecular formula is C34H32Cl2FN3O5. The summed E-state index contributed by atoms with van der Waals surface area (Å²) in [5.74, 6) is -2.71. The number of halogens is 3. The highest BCUT2D eigenvalue weighted by molar-refractivity contribution is 6.31. The first-order chi connectivity index (χ1) is 21.7. The normalized spacial score (nSPS) is 25.7. The smallest absolute Gasteiger partial charge is 0.338 e. The van der Waals surface area contributed by atoms with Crippen LogP contribution < -0.4 is 15.0 Å². The van der Waals surface area contributed by atoms with Crippen LogP contribution in [-0.2, 0) is 19.9 Å². The van der Waals surface area contributed by atoms with Crippen LogP contribution in [0.25, 0.3) is 0 Å². The van der Waals surface area contributed by atoms with Gasteiger partial charge in [-0.15, -0.1) is 0 Å². The Hall–Kier alpha value is -3.66. The molecule has 2 saturated heterocycles. The number of esters is 1. The number of anilines is 2. The van der Waals surface area contributed by atoms with E-state index >= 15 is 4.39 Å². The molecule has 1 unspecified atom stereocenters. The number of methoxy groups -OCH3 is 1. The summed E-state index contributed by atoms with van der Waals surface area (Å²) in [5.41, 5.74) is 0.858. The third-order valence-corrected chi connectivity index (χ3v) is 10.2. The molecule has 3 heterocycles. The van der Waals surface area contributed by atoms with E-state index in [9.17, 15) is 14.4 Å². The molecular weight excluding hydrogens is 620 g/mol. The summed E-state index contributed by atoms with van der Waals surface area (Å²) in [5, 5.41) is 3.41. The minimum absolute atomic E-state index is 0.0779. The highest BCUT2D eigenvalue weighted by Gasteiger charge is 2.70. The van der Waals surface area contributed by atoms with Crippen LogP contribution in [-0.4, -0.2) is 55.5 Å². The van der Waals surface area contributed by atoms with E-state index in [0.29, 0.717) is 58.7 Å². The zero-order valence-corrected chi connectivity index (χ0v) is 26.3. The van der Waals surface area contributed by atoms with Gasteiger partial charge in [0, 0.05) is 41.3 Å². The van der Waals surface area contributed by atoms with E-state index in [1.165, 1.54) is 13.2 Å². The van der Waals surface area contributed by atoms with Gasteiger partial charge in [0.2, 0.25) is 11.8 Å². The van der Waals surface area contributed by atoms with Crippen LogP contribution >= 0.6 is 23.2 Å². The molecule has 45 heavy (non-hydrogen) atoms. The van der Waals surface area contributed by atoms with Crippen molar-refractivity contribution >= 4 is 52.4 Å². The Bertz CT molecular complexity index is 1730. The minimum atomic E-state index is -1.37. The van der Waals surface area contributed by atoms with Gasteiger partial charge in [-0.1, -0.05) is 41.4 Å². The number of ether oxygens (including phenoxy) is 2. The maximum absolute atomic E-state index is 16.2. The molecule has 7 rings (SSSR count). The van der Waals surface area contributed by atoms with Gasteiger partial charge in [-0.2, -0.15) is 0 Å². The van der Waals surface area contributed by atoms with Gasteiger partial charge in [0.1, 0.15) is 17.1 Å². The third-order valence-electron chi connectivity index (χ3n) is 9.71. The van der Waals surface area contributed by atoms with Crippen molar-refractivity contribution in [1.82, 2.24) is 4.90 Å². The van der Waals surface area contributed by atoms with Crippen molar-refractivity contribution in [3.63, 3.8) is 0 Å². The Balaban J connectivity index is 1.41. The van der Waals surface area contributed by atoms with E-state index in [1.54, 1.807) is 54.3 Å². The Kier molecular flexibility index (Phi) is 7.54. The van der Waals surface area contributed by atoms with E-state index in [2.05, 4.69) is 10.2 Å². The minimum Gasteiger partial charge on any atom is -0.495 e. The van der Waals surface area contributed by atoms with Crippen LogP contribution in [0.4, 0.5) is 15.8 Å². The van der Waals surface area contributed by atoms with Crippen molar-refractivity contribution in [3.05, 3.63) is 87.2 Å². The van der Waals surface area contributed by atoms with Crippen molar-refractivity contribution in [3.8, 4) is 5.75 Å². The van der Waals surface area contributed by atoms with E-state index in [-0.39, 0.29) is 35.0 Å². The lowest BCUT2D eigenvalue weighted by molar-refractivity contribution is -0.128. The van der Waals surface area contributed by atoms with Crippen LogP contribution in [0.5, 0.6) is 5.75 Å². The molecule has 0 bridgehead atoms. The lowest BCUT2D eigenvalue weighted by Crippen LogP contribution is -2.54. The van der Waals surface area contributed by atoms with E-state index in [0.717, 1.165) is 12.8 Å². The average molecular weight is 653 g/mol. The summed E-state index contributed by atoms with van der Waals surface area (Å²) in [7, 11) is 1.47. The molecule has 3 aromatic carbocycles. The second-order valence-electron chi connectivity index (χ2n) is 12.1. The second-order valence-corrected chi connectivity index (χ2v) is 12.9. The van der Waals surface area contributed by atoms with Crippen LogP contribution in [0.3, 0.4) is 0 Å². The monoisotopic (exact) mass is 651 g/mol. The summed E-state index contributed by atoms with van der Waals surface area (Å²) >= 11 is 12.7. The molecule has 2 amide bonds. The first-order valence-electron chi connectivity index (χ1n) is 15.2. The number of benzene rings is 3. The molecule has 4 atom stereocenters. The van der Waals surface area contributed by atoms with Crippen molar-refractivity contribution in [1.29, 1.82) is 0 Å². The highest BCUT2D eigenvalue weighted by atomic mass is 35.5. The first kappa shape index (κ1) is 30.0. The van der Waals surface area contributed by atoms with Crippen molar-refractivity contribution in [2.24, 2.45) is 11.8 Å². The van der Waals surface area contributed by atoms with Gasteiger partial charge in [-0.3, -0.25) is 14.5 Å². The van der Waals surface area contributed by atoms with E-state index in [1.807, 2.05) is 6.07 Å². The van der Waals surface area contributed by atoms with Gasteiger partial charge in [-0.05, 0) is 74.1 Å². The van der Waals surface area contributed by atoms with Gasteiger partial charge in [0.05, 0.1) is 35.9 Å². The molecule has 4 aliphatic rings. The first-order valence-corrected chi connectivity index (χ1v) is 15.9. The summed E-state index contributed by atoms with van der Waals surface area (Å²) in [6.45, 7) is 2.89. The molecule has 1 spiro atoms. The highest BCUT2D eigenvalue weighted by Crippen LogP contribution is 2.62. The Labute approximate surface area is 270 Å². The van der Waals surface area contributed by atoms with E-state index < -0.39 is 29.2 Å². The van der Waals surface area contributed by atoms with Crippen molar-refractivity contribution in [2.45, 2.75) is 43.7 Å². The summed E-state index contributed by atoms with van der Waals surface area (Å²) in [6, 6.07) is 14.5. The number of nitrogens with zero attached hydrogens (tertiary/aromatic N) is 2. The van der Waals surface area contributed by atoms with E-state index in [4.69, 9.17) is 32.7 Å². The number of piperidine rings is 1. The van der Waals surface area contributed by atoms with Crippen molar-refractivity contribution in [2.75, 3.05) is 37.0 Å². The number of carbonyl (C=O) groups is 3. The molecule has 3 fully saturated rings. The topological polar surface area (TPSA) is 88.2 Å². The molecule has 3 aliphatic heterocycles. The number of amides is 2. The molecule has 11 heteroatoms. The fourth-order valence-corrected chi connectivity index (χ4v) is 8.07. The number of rotatable bonds is 7. The number of carbonyl (C=O) groups excluding carboxylic acids is 3. The number of hydrogen-bond donors (Lipinski definition) is 1. The molecule has 3 aromatic rings. The Morgan fingerprint density at radius 3 is 2.62 bits per heavy atom. The zero-order chi connectivity index (χ0) is 31.6. The quantitative estimate of drug-likeness (QED) is 0.298. The molecule has 1 aliphatic carbocycles. The van der Waals surface area contributed by atoms with Crippen LogP contribution in [0.1, 0.15) is 53.6 Å². The third kappa shape index (κ3) is 4.62. The molecule has 8 nitrogen and oxygen atoms in total. The predicted octanol–water partition coefficient (Wildman–Crippen LogP) is 6.40. The fourth-order valence-electron chi connectivity index (χ4n) is 7.71. The zero-order valence-electron chi connectivity index (χ0n) is 24.8. The SMILES string of the molecule is CCOC(=O)c1ccc(N2CC[C@H]3[C@@H](C2=O)C(c2cccc(Cl)c2F)[C@]2(C(=O)Nc4cc(Cl)ccc42)N3CC2CC2)c(OC)c1. The molecule has 0 radical (unpaired) electrons. The molecule has 0 aromatic heterocycles. The molecule has 234 valence electrons. The summed E-state index contributed by atoms with van der Waals surface area (Å²) < 4.78 is 27.0. The second kappa shape index (κ2) is 11.3. The molecule has 1 N–H and O–H groups in total. The number of fused-ring (bicyclic) bond motifs is 3. The summed E-state index contributed by atoms with van der Waals surface area (Å²) in [6.07, 6.45) is 2.58. The lowest BCUT2D eigenvalue weighted by Gasteiger charge is -2.40. The van der Waals surface area contributed by atoms with Crippen LogP contribution in [0, 0.1) is 17.7 Å². The van der Waals surface area contributed by atoms with Gasteiger partial charge in [0.25, 0.3) is 0 Å². The maximum atomic E-state index is 16.2. The fraction of sp³-hybridized carbons (Fsp3) is 0.382. The number of hydrogen-bond acceptors (Lipinski definition) is 6. The summed E-state index contributed by atoms with van der Waals surface area (Å²) in [4.78, 5) is 45.6. The van der Waals surface area contributed by atoms with Crippen LogP contribution in [0.15, 0.2) is 54.6 Å². The van der Waals surface area contributed by atoms with Crippen molar-refractivity contribution < 1.29 is 28.2 Å². The Morgan fingerprint density at radius 1 is 1.09 bits per heavy atom. The van der Waals surface area contributed by atoms with Gasteiger partial charge >= 0.3 is 5.97 Å². The lowest BCUT2D eigenvalue weighted by atomic mass is 9.70. The Morgan fingerprint density at radius 2 is 1.89 bits per heavy atom. The number of nitrogens with one attached hydrogen (secondary N) is 1. The van der Waals surface area contributed by atoms with Gasteiger partial charge < -0.3 is 19.7 Å². The van der Waals surface area contributed by atoms with Gasteiger partial charge in [0.15, 0.2) is 0 Å². The average Bonchev–Trinajstić information content (AvgIpc) is 3.74. The largest absolute Gasteiger partial charge is 0.495 e. The maximum Gasteiger partial charge on any atom is 0.338 e.